The standard InChI is InChI=1S/C26H22O6/c1-16-12-21(31-24(27)14-18-6-10-20(30-3)11-7-18)15-22-25(16)26(28)23(32-22)13-17-4-8-19(29-2)9-5-17/h4-13,15H,14H2,1-3H3/b23-13-. The zero-order chi connectivity index (χ0) is 22.7. The lowest BCUT2D eigenvalue weighted by molar-refractivity contribution is -0.133. The minimum absolute atomic E-state index is 0.114. The van der Waals surface area contributed by atoms with Gasteiger partial charge in [0.2, 0.25) is 5.78 Å². The molecule has 0 saturated carbocycles. The molecule has 6 heteroatoms. The highest BCUT2D eigenvalue weighted by atomic mass is 16.5. The molecule has 162 valence electrons. The first kappa shape index (κ1) is 21.2. The maximum absolute atomic E-state index is 12.8. The van der Waals surface area contributed by atoms with E-state index in [-0.39, 0.29) is 18.0 Å². The van der Waals surface area contributed by atoms with Crippen LogP contribution in [-0.4, -0.2) is 26.0 Å². The number of benzene rings is 3. The van der Waals surface area contributed by atoms with Gasteiger partial charge in [-0.3, -0.25) is 9.59 Å². The molecule has 3 aromatic carbocycles. The summed E-state index contributed by atoms with van der Waals surface area (Å²) in [6, 6.07) is 17.7. The van der Waals surface area contributed by atoms with Gasteiger partial charge in [0.25, 0.3) is 0 Å². The van der Waals surface area contributed by atoms with Crippen molar-refractivity contribution in [3.05, 3.63) is 88.7 Å². The van der Waals surface area contributed by atoms with Gasteiger partial charge < -0.3 is 18.9 Å². The topological polar surface area (TPSA) is 71.1 Å². The van der Waals surface area contributed by atoms with Crippen LogP contribution in [0, 0.1) is 6.92 Å². The van der Waals surface area contributed by atoms with Crippen LogP contribution in [0.1, 0.15) is 27.0 Å². The number of ketones is 1. The number of esters is 1. The monoisotopic (exact) mass is 430 g/mol. The molecule has 0 unspecified atom stereocenters. The lowest BCUT2D eigenvalue weighted by atomic mass is 10.0. The summed E-state index contributed by atoms with van der Waals surface area (Å²) in [5.74, 6) is 1.76. The summed E-state index contributed by atoms with van der Waals surface area (Å²) in [5.41, 5.74) is 2.77. The first-order chi connectivity index (χ1) is 15.5. The smallest absolute Gasteiger partial charge is 0.315 e. The van der Waals surface area contributed by atoms with Gasteiger partial charge in [0.15, 0.2) is 5.76 Å². The van der Waals surface area contributed by atoms with E-state index in [2.05, 4.69) is 0 Å². The van der Waals surface area contributed by atoms with Gasteiger partial charge in [-0.05, 0) is 60.0 Å². The first-order valence-electron chi connectivity index (χ1n) is 10.0. The van der Waals surface area contributed by atoms with E-state index < -0.39 is 5.97 Å². The second-order valence-electron chi connectivity index (χ2n) is 7.33. The molecule has 0 radical (unpaired) electrons. The predicted molar refractivity (Wildman–Crippen MR) is 119 cm³/mol. The van der Waals surface area contributed by atoms with E-state index in [0.29, 0.717) is 22.6 Å². The number of aryl methyl sites for hydroxylation is 1. The zero-order valence-corrected chi connectivity index (χ0v) is 18.0. The maximum atomic E-state index is 12.8. The Morgan fingerprint density at radius 2 is 1.53 bits per heavy atom. The predicted octanol–water partition coefficient (Wildman–Crippen LogP) is 4.78. The summed E-state index contributed by atoms with van der Waals surface area (Å²) in [4.78, 5) is 25.2. The number of hydrogen-bond donors (Lipinski definition) is 0. The average Bonchev–Trinajstić information content (AvgIpc) is 3.10. The van der Waals surface area contributed by atoms with Crippen LogP contribution in [-0.2, 0) is 11.2 Å². The van der Waals surface area contributed by atoms with Gasteiger partial charge in [-0.2, -0.15) is 0 Å². The molecule has 0 saturated heterocycles. The Balaban J connectivity index is 1.49. The molecule has 1 aliphatic rings. The highest BCUT2D eigenvalue weighted by Gasteiger charge is 2.30. The number of Topliss-reactive ketones (excluding diaryl/α,β-unsaturated/α-hetero) is 1. The number of hydrogen-bond acceptors (Lipinski definition) is 6. The molecule has 0 N–H and O–H groups in total. The Bertz CT molecular complexity index is 1190. The van der Waals surface area contributed by atoms with Crippen molar-refractivity contribution in [3.63, 3.8) is 0 Å². The van der Waals surface area contributed by atoms with Crippen LogP contribution in [0.4, 0.5) is 0 Å². The van der Waals surface area contributed by atoms with E-state index in [4.69, 9.17) is 18.9 Å². The van der Waals surface area contributed by atoms with Gasteiger partial charge >= 0.3 is 5.97 Å². The van der Waals surface area contributed by atoms with Crippen LogP contribution < -0.4 is 18.9 Å². The number of ether oxygens (including phenoxy) is 4. The number of rotatable bonds is 6. The molecule has 32 heavy (non-hydrogen) atoms. The van der Waals surface area contributed by atoms with Crippen LogP contribution in [0.5, 0.6) is 23.0 Å². The fraction of sp³-hybridized carbons (Fsp3) is 0.154. The van der Waals surface area contributed by atoms with Gasteiger partial charge in [-0.15, -0.1) is 0 Å². The lowest BCUT2D eigenvalue weighted by Gasteiger charge is -2.08. The Labute approximate surface area is 186 Å². The molecule has 0 spiro atoms. The SMILES string of the molecule is COc1ccc(/C=C2\Oc3cc(OC(=O)Cc4ccc(OC)cc4)cc(C)c3C2=O)cc1. The molecule has 4 rings (SSSR count). The van der Waals surface area contributed by atoms with Gasteiger partial charge in [0.1, 0.15) is 23.0 Å². The van der Waals surface area contributed by atoms with E-state index in [1.54, 1.807) is 51.5 Å². The maximum Gasteiger partial charge on any atom is 0.315 e. The Kier molecular flexibility index (Phi) is 5.94. The van der Waals surface area contributed by atoms with Crippen molar-refractivity contribution in [2.75, 3.05) is 14.2 Å². The molecule has 6 nitrogen and oxygen atoms in total. The molecule has 0 aliphatic carbocycles. The van der Waals surface area contributed by atoms with Crippen LogP contribution in [0.25, 0.3) is 6.08 Å². The van der Waals surface area contributed by atoms with Crippen LogP contribution >= 0.6 is 0 Å². The van der Waals surface area contributed by atoms with E-state index in [1.165, 1.54) is 0 Å². The van der Waals surface area contributed by atoms with E-state index in [9.17, 15) is 9.59 Å². The van der Waals surface area contributed by atoms with Gasteiger partial charge in [-0.25, -0.2) is 0 Å². The van der Waals surface area contributed by atoms with E-state index in [1.807, 2.05) is 36.4 Å². The summed E-state index contributed by atoms with van der Waals surface area (Å²) in [6.45, 7) is 1.79. The van der Waals surface area contributed by atoms with E-state index in [0.717, 1.165) is 22.6 Å². The summed E-state index contributed by atoms with van der Waals surface area (Å²) in [6.07, 6.45) is 1.79. The van der Waals surface area contributed by atoms with Crippen LogP contribution in [0.3, 0.4) is 0 Å². The van der Waals surface area contributed by atoms with Crippen LogP contribution in [0.15, 0.2) is 66.4 Å². The van der Waals surface area contributed by atoms with Crippen molar-refractivity contribution in [2.24, 2.45) is 0 Å². The third-order valence-corrected chi connectivity index (χ3v) is 5.10. The molecule has 0 fully saturated rings. The Hall–Kier alpha value is -4.06. The molecule has 1 aliphatic heterocycles. The number of allylic oxidation sites excluding steroid dienone is 1. The third kappa shape index (κ3) is 4.49. The fourth-order valence-corrected chi connectivity index (χ4v) is 3.47. The minimum Gasteiger partial charge on any atom is -0.497 e. The number of carbonyl (C=O) groups excluding carboxylic acids is 2. The highest BCUT2D eigenvalue weighted by Crippen LogP contribution is 2.37. The van der Waals surface area contributed by atoms with Crippen LogP contribution in [0.2, 0.25) is 0 Å². The summed E-state index contributed by atoms with van der Waals surface area (Å²) in [5, 5.41) is 0. The quantitative estimate of drug-likeness (QED) is 0.319. The molecule has 0 aromatic heterocycles. The molecule has 0 amide bonds. The molecule has 1 heterocycles. The first-order valence-corrected chi connectivity index (χ1v) is 10.0. The number of methoxy groups -OCH3 is 2. The minimum atomic E-state index is -0.409. The largest absolute Gasteiger partial charge is 0.497 e. The number of carbonyl (C=O) groups is 2. The van der Waals surface area contributed by atoms with Crippen molar-refractivity contribution in [3.8, 4) is 23.0 Å². The Morgan fingerprint density at radius 3 is 2.16 bits per heavy atom. The molecular formula is C26H22O6. The molecule has 3 aromatic rings. The van der Waals surface area contributed by atoms with Gasteiger partial charge in [-0.1, -0.05) is 24.3 Å². The van der Waals surface area contributed by atoms with Gasteiger partial charge in [0, 0.05) is 6.07 Å². The second kappa shape index (κ2) is 8.98. The summed E-state index contributed by atoms with van der Waals surface area (Å²) in [7, 11) is 3.18. The zero-order valence-electron chi connectivity index (χ0n) is 18.0. The summed E-state index contributed by atoms with van der Waals surface area (Å²) < 4.78 is 21.6. The van der Waals surface area contributed by atoms with Crippen molar-refractivity contribution in [2.45, 2.75) is 13.3 Å². The molecule has 0 bridgehead atoms. The van der Waals surface area contributed by atoms with Gasteiger partial charge in [0.05, 0.1) is 26.2 Å². The van der Waals surface area contributed by atoms with Crippen molar-refractivity contribution < 1.29 is 28.5 Å². The average molecular weight is 430 g/mol. The number of fused-ring (bicyclic) bond motifs is 1. The normalized spacial score (nSPS) is 13.5. The Morgan fingerprint density at radius 1 is 0.906 bits per heavy atom. The lowest BCUT2D eigenvalue weighted by Crippen LogP contribution is -2.11. The van der Waals surface area contributed by atoms with Crippen molar-refractivity contribution >= 4 is 17.8 Å². The van der Waals surface area contributed by atoms with Crippen molar-refractivity contribution in [1.82, 2.24) is 0 Å². The van der Waals surface area contributed by atoms with Crippen molar-refractivity contribution in [1.29, 1.82) is 0 Å². The third-order valence-electron chi connectivity index (χ3n) is 5.10. The summed E-state index contributed by atoms with van der Waals surface area (Å²) >= 11 is 0. The highest BCUT2D eigenvalue weighted by molar-refractivity contribution is 6.15. The van der Waals surface area contributed by atoms with E-state index >= 15 is 0 Å². The fourth-order valence-electron chi connectivity index (χ4n) is 3.47. The molecular weight excluding hydrogens is 408 g/mol. The second-order valence-corrected chi connectivity index (χ2v) is 7.33. The molecule has 0 atom stereocenters.